The summed E-state index contributed by atoms with van der Waals surface area (Å²) in [5.74, 6) is 0.261. The summed E-state index contributed by atoms with van der Waals surface area (Å²) in [6, 6.07) is 6.84. The Balaban J connectivity index is 1.80. The summed E-state index contributed by atoms with van der Waals surface area (Å²) < 4.78 is 0. The van der Waals surface area contributed by atoms with Gasteiger partial charge in [-0.1, -0.05) is 89.7 Å². The molecular weight excluding hydrogens is 350 g/mol. The zero-order valence-corrected chi connectivity index (χ0v) is 17.8. The summed E-state index contributed by atoms with van der Waals surface area (Å²) in [5.41, 5.74) is 6.75. The lowest BCUT2D eigenvalue weighted by Gasteiger charge is -2.09. The van der Waals surface area contributed by atoms with Gasteiger partial charge in [-0.3, -0.25) is 5.43 Å². The minimum absolute atomic E-state index is 0.197. The van der Waals surface area contributed by atoms with Crippen molar-refractivity contribution in [2.45, 2.75) is 90.4 Å². The molecule has 0 saturated heterocycles. The highest BCUT2D eigenvalue weighted by molar-refractivity contribution is 5.73. The number of phenols is 1. The summed E-state index contributed by atoms with van der Waals surface area (Å²) in [6.45, 7) is 3.64. The van der Waals surface area contributed by atoms with Gasteiger partial charge in [0.25, 0.3) is 0 Å². The molecule has 0 saturated carbocycles. The van der Waals surface area contributed by atoms with Gasteiger partial charge in [0.05, 0.1) is 0 Å². The maximum atomic E-state index is 11.7. The highest BCUT2D eigenvalue weighted by Gasteiger charge is 1.99. The van der Waals surface area contributed by atoms with Crippen molar-refractivity contribution < 1.29 is 9.90 Å². The van der Waals surface area contributed by atoms with Crippen LogP contribution in [0.3, 0.4) is 0 Å². The number of carbonyl (C=O) groups excluding carboxylic acids is 1. The SMILES string of the molecule is CCCCCCCCCCCCCCNNC(=O)NCCc1ccc(O)cc1. The van der Waals surface area contributed by atoms with Crippen LogP contribution in [0.15, 0.2) is 24.3 Å². The Morgan fingerprint density at radius 2 is 1.32 bits per heavy atom. The van der Waals surface area contributed by atoms with Crippen molar-refractivity contribution >= 4 is 6.03 Å². The molecule has 5 nitrogen and oxygen atoms in total. The quantitative estimate of drug-likeness (QED) is 0.211. The van der Waals surface area contributed by atoms with Crippen LogP contribution in [0.25, 0.3) is 0 Å². The third-order valence-corrected chi connectivity index (χ3v) is 4.99. The Morgan fingerprint density at radius 3 is 1.89 bits per heavy atom. The zero-order valence-electron chi connectivity index (χ0n) is 17.8. The number of hydrogen-bond acceptors (Lipinski definition) is 3. The molecule has 160 valence electrons. The van der Waals surface area contributed by atoms with Crippen molar-refractivity contribution in [3.63, 3.8) is 0 Å². The van der Waals surface area contributed by atoms with Crippen LogP contribution in [0.5, 0.6) is 5.75 Å². The Labute approximate surface area is 171 Å². The first-order chi connectivity index (χ1) is 13.7. The van der Waals surface area contributed by atoms with Crippen LogP contribution in [0.1, 0.15) is 89.5 Å². The number of carbonyl (C=O) groups is 1. The van der Waals surface area contributed by atoms with E-state index >= 15 is 0 Å². The van der Waals surface area contributed by atoms with Crippen molar-refractivity contribution in [1.29, 1.82) is 0 Å². The lowest BCUT2D eigenvalue weighted by atomic mass is 10.1. The van der Waals surface area contributed by atoms with E-state index in [9.17, 15) is 9.90 Å². The fraction of sp³-hybridized carbons (Fsp3) is 0.696. The molecule has 28 heavy (non-hydrogen) atoms. The molecule has 2 amide bonds. The second kappa shape index (κ2) is 17.4. The Kier molecular flexibility index (Phi) is 15.1. The van der Waals surface area contributed by atoms with E-state index in [0.717, 1.165) is 24.9 Å². The molecular formula is C23H41N3O2. The molecule has 1 rings (SSSR count). The topological polar surface area (TPSA) is 73.4 Å². The third kappa shape index (κ3) is 14.3. The highest BCUT2D eigenvalue weighted by Crippen LogP contribution is 2.12. The van der Waals surface area contributed by atoms with Crippen molar-refractivity contribution in [2.75, 3.05) is 13.1 Å². The fourth-order valence-electron chi connectivity index (χ4n) is 3.22. The van der Waals surface area contributed by atoms with Crippen molar-refractivity contribution in [3.05, 3.63) is 29.8 Å². The number of nitrogens with one attached hydrogen (secondary N) is 3. The van der Waals surface area contributed by atoms with E-state index in [1.165, 1.54) is 70.6 Å². The van der Waals surface area contributed by atoms with E-state index in [0.29, 0.717) is 6.54 Å². The average molecular weight is 392 g/mol. The first-order valence-electron chi connectivity index (χ1n) is 11.3. The van der Waals surface area contributed by atoms with Crippen molar-refractivity contribution in [3.8, 4) is 5.75 Å². The van der Waals surface area contributed by atoms with E-state index in [-0.39, 0.29) is 11.8 Å². The molecule has 0 aliphatic heterocycles. The minimum Gasteiger partial charge on any atom is -0.508 e. The van der Waals surface area contributed by atoms with E-state index in [2.05, 4.69) is 23.1 Å². The molecule has 5 heteroatoms. The number of amides is 2. The maximum absolute atomic E-state index is 11.7. The normalized spacial score (nSPS) is 10.8. The smallest absolute Gasteiger partial charge is 0.329 e. The summed E-state index contributed by atoms with van der Waals surface area (Å²) in [6.07, 6.45) is 16.8. The van der Waals surface area contributed by atoms with Gasteiger partial charge in [-0.2, -0.15) is 0 Å². The summed E-state index contributed by atoms with van der Waals surface area (Å²) in [5, 5.41) is 12.1. The van der Waals surface area contributed by atoms with Gasteiger partial charge < -0.3 is 10.4 Å². The van der Waals surface area contributed by atoms with Crippen LogP contribution in [0.4, 0.5) is 4.79 Å². The fourth-order valence-corrected chi connectivity index (χ4v) is 3.22. The second-order valence-electron chi connectivity index (χ2n) is 7.61. The number of urea groups is 1. The summed E-state index contributed by atoms with van der Waals surface area (Å²) >= 11 is 0. The number of unbranched alkanes of at least 4 members (excludes halogenated alkanes) is 11. The van der Waals surface area contributed by atoms with Gasteiger partial charge in [-0.05, 0) is 30.5 Å². The molecule has 1 aromatic rings. The Morgan fingerprint density at radius 1 is 0.786 bits per heavy atom. The molecule has 0 aromatic heterocycles. The molecule has 4 N–H and O–H groups in total. The zero-order chi connectivity index (χ0) is 20.3. The maximum Gasteiger partial charge on any atom is 0.329 e. The standard InChI is InChI=1S/C23H41N3O2/c1-2-3-4-5-6-7-8-9-10-11-12-13-19-25-26-23(28)24-20-18-21-14-16-22(27)17-15-21/h14-17,25,27H,2-13,18-20H2,1H3,(H2,24,26,28). The van der Waals surface area contributed by atoms with Crippen LogP contribution in [0, 0.1) is 0 Å². The predicted molar refractivity (Wildman–Crippen MR) is 117 cm³/mol. The van der Waals surface area contributed by atoms with Crippen LogP contribution < -0.4 is 16.2 Å². The van der Waals surface area contributed by atoms with Gasteiger partial charge in [0.15, 0.2) is 0 Å². The first kappa shape index (κ1) is 24.3. The number of aromatic hydroxyl groups is 1. The monoisotopic (exact) mass is 391 g/mol. The first-order valence-corrected chi connectivity index (χ1v) is 11.3. The number of hydrazine groups is 1. The van der Waals surface area contributed by atoms with E-state index in [1.54, 1.807) is 12.1 Å². The van der Waals surface area contributed by atoms with Gasteiger partial charge in [0, 0.05) is 13.1 Å². The molecule has 0 unspecified atom stereocenters. The minimum atomic E-state index is -0.197. The molecule has 0 bridgehead atoms. The Bertz CT molecular complexity index is 491. The molecule has 0 fully saturated rings. The number of benzene rings is 1. The lowest BCUT2D eigenvalue weighted by molar-refractivity contribution is 0.236. The van der Waals surface area contributed by atoms with E-state index in [1.807, 2.05) is 12.1 Å². The molecule has 0 spiro atoms. The predicted octanol–water partition coefficient (Wildman–Crippen LogP) is 5.44. The van der Waals surface area contributed by atoms with E-state index < -0.39 is 0 Å². The highest BCUT2D eigenvalue weighted by atomic mass is 16.3. The summed E-state index contributed by atoms with van der Waals surface area (Å²) in [4.78, 5) is 11.7. The molecule has 1 aromatic carbocycles. The van der Waals surface area contributed by atoms with Gasteiger partial charge in [0.1, 0.15) is 5.75 Å². The number of phenolic OH excluding ortho intramolecular Hbond substituents is 1. The van der Waals surface area contributed by atoms with E-state index in [4.69, 9.17) is 0 Å². The van der Waals surface area contributed by atoms with Crippen molar-refractivity contribution in [1.82, 2.24) is 16.2 Å². The van der Waals surface area contributed by atoms with Crippen LogP contribution in [-0.2, 0) is 6.42 Å². The average Bonchev–Trinajstić information content (AvgIpc) is 2.70. The van der Waals surface area contributed by atoms with Crippen LogP contribution in [0.2, 0.25) is 0 Å². The third-order valence-electron chi connectivity index (χ3n) is 4.99. The van der Waals surface area contributed by atoms with Gasteiger partial charge in [-0.15, -0.1) is 0 Å². The molecule has 0 atom stereocenters. The number of hydrogen-bond donors (Lipinski definition) is 4. The lowest BCUT2D eigenvalue weighted by Crippen LogP contribution is -2.45. The number of rotatable bonds is 17. The summed E-state index contributed by atoms with van der Waals surface area (Å²) in [7, 11) is 0. The largest absolute Gasteiger partial charge is 0.508 e. The van der Waals surface area contributed by atoms with Gasteiger partial charge in [0.2, 0.25) is 0 Å². The molecule has 0 aliphatic carbocycles. The van der Waals surface area contributed by atoms with Crippen LogP contribution >= 0.6 is 0 Å². The van der Waals surface area contributed by atoms with Crippen molar-refractivity contribution in [2.24, 2.45) is 0 Å². The van der Waals surface area contributed by atoms with Gasteiger partial charge >= 0.3 is 6.03 Å². The molecule has 0 radical (unpaired) electrons. The van der Waals surface area contributed by atoms with Crippen LogP contribution in [-0.4, -0.2) is 24.2 Å². The second-order valence-corrected chi connectivity index (χ2v) is 7.61. The molecule has 0 aliphatic rings. The van der Waals surface area contributed by atoms with Gasteiger partial charge in [-0.25, -0.2) is 10.2 Å². The molecule has 0 heterocycles. The Hall–Kier alpha value is -1.75.